The third-order valence-electron chi connectivity index (χ3n) is 3.63. The molecule has 0 bridgehead atoms. The van der Waals surface area contributed by atoms with Crippen LogP contribution in [0.15, 0.2) is 48.5 Å². The molecule has 1 atom stereocenters. The third-order valence-corrected chi connectivity index (χ3v) is 3.63. The summed E-state index contributed by atoms with van der Waals surface area (Å²) in [5.74, 6) is -0.588. The molecule has 0 aromatic heterocycles. The van der Waals surface area contributed by atoms with Crippen LogP contribution in [-0.4, -0.2) is 17.9 Å². The first-order valence-electron chi connectivity index (χ1n) is 7.99. The van der Waals surface area contributed by atoms with Gasteiger partial charge in [-0.15, -0.1) is 0 Å². The summed E-state index contributed by atoms with van der Waals surface area (Å²) in [5, 5.41) is 0. The Labute approximate surface area is 146 Å². The summed E-state index contributed by atoms with van der Waals surface area (Å²) in [6, 6.07) is 12.5. The van der Waals surface area contributed by atoms with Gasteiger partial charge in [-0.05, 0) is 54.8 Å². The van der Waals surface area contributed by atoms with Crippen LogP contribution < -0.4 is 15.6 Å². The quantitative estimate of drug-likeness (QED) is 0.819. The first-order valence-corrected chi connectivity index (χ1v) is 7.99. The van der Waals surface area contributed by atoms with E-state index in [-0.39, 0.29) is 5.82 Å². The minimum atomic E-state index is -0.853. The summed E-state index contributed by atoms with van der Waals surface area (Å²) in [6.45, 7) is 5.66. The Bertz CT molecular complexity index is 727. The standard InChI is InChI=1S/C19H21FN2O3/c1-12(2)14-4-6-15(7-5-14)19(24)22-21-18(23)13(3)25-17-10-8-16(20)9-11-17/h4-13H,1-3H3,(H,21,23)(H,22,24). The fraction of sp³-hybridized carbons (Fsp3) is 0.263. The molecule has 0 aliphatic rings. The first kappa shape index (κ1) is 18.4. The van der Waals surface area contributed by atoms with Gasteiger partial charge in [0.15, 0.2) is 6.10 Å². The number of halogens is 1. The molecule has 25 heavy (non-hydrogen) atoms. The van der Waals surface area contributed by atoms with Gasteiger partial charge in [-0.2, -0.15) is 0 Å². The number of hydrazine groups is 1. The largest absolute Gasteiger partial charge is 0.481 e. The zero-order valence-corrected chi connectivity index (χ0v) is 14.4. The highest BCUT2D eigenvalue weighted by Crippen LogP contribution is 2.15. The molecule has 132 valence electrons. The second-order valence-electron chi connectivity index (χ2n) is 5.93. The normalized spacial score (nSPS) is 11.7. The summed E-state index contributed by atoms with van der Waals surface area (Å²) in [4.78, 5) is 24.0. The van der Waals surface area contributed by atoms with E-state index in [1.54, 1.807) is 12.1 Å². The highest BCUT2D eigenvalue weighted by molar-refractivity contribution is 5.95. The highest BCUT2D eigenvalue weighted by Gasteiger charge is 2.16. The maximum atomic E-state index is 12.8. The Morgan fingerprint density at radius 1 is 0.920 bits per heavy atom. The molecule has 5 nitrogen and oxygen atoms in total. The first-order chi connectivity index (χ1) is 11.9. The van der Waals surface area contributed by atoms with E-state index in [1.165, 1.54) is 31.2 Å². The minimum Gasteiger partial charge on any atom is -0.481 e. The Morgan fingerprint density at radius 3 is 2.08 bits per heavy atom. The van der Waals surface area contributed by atoms with Gasteiger partial charge in [0.1, 0.15) is 11.6 Å². The molecule has 2 N–H and O–H groups in total. The molecule has 6 heteroatoms. The van der Waals surface area contributed by atoms with Crippen molar-refractivity contribution in [3.05, 3.63) is 65.5 Å². The second kappa shape index (κ2) is 8.28. The van der Waals surface area contributed by atoms with Crippen molar-refractivity contribution < 1.29 is 18.7 Å². The van der Waals surface area contributed by atoms with Crippen molar-refractivity contribution in [1.82, 2.24) is 10.9 Å². The van der Waals surface area contributed by atoms with E-state index < -0.39 is 17.9 Å². The van der Waals surface area contributed by atoms with Crippen LogP contribution in [0.4, 0.5) is 4.39 Å². The Hall–Kier alpha value is -2.89. The molecule has 0 saturated carbocycles. The van der Waals surface area contributed by atoms with Crippen molar-refractivity contribution in [3.8, 4) is 5.75 Å². The van der Waals surface area contributed by atoms with Crippen LogP contribution in [0.5, 0.6) is 5.75 Å². The van der Waals surface area contributed by atoms with Gasteiger partial charge in [0, 0.05) is 5.56 Å². The zero-order valence-electron chi connectivity index (χ0n) is 14.4. The zero-order chi connectivity index (χ0) is 18.4. The van der Waals surface area contributed by atoms with Gasteiger partial charge in [0.25, 0.3) is 11.8 Å². The third kappa shape index (κ3) is 5.31. The molecule has 0 spiro atoms. The topological polar surface area (TPSA) is 67.4 Å². The number of hydrogen-bond donors (Lipinski definition) is 2. The average Bonchev–Trinajstić information content (AvgIpc) is 2.61. The molecule has 0 fully saturated rings. The minimum absolute atomic E-state index is 0.361. The molecule has 2 rings (SSSR count). The molecule has 2 aromatic rings. The number of carbonyl (C=O) groups is 2. The molecule has 0 saturated heterocycles. The predicted octanol–water partition coefficient (Wildman–Crippen LogP) is 3.18. The molecule has 0 radical (unpaired) electrons. The maximum absolute atomic E-state index is 12.8. The Kier molecular flexibility index (Phi) is 6.11. The van der Waals surface area contributed by atoms with Gasteiger partial charge in [0.2, 0.25) is 0 Å². The van der Waals surface area contributed by atoms with E-state index in [0.29, 0.717) is 17.2 Å². The Morgan fingerprint density at radius 2 is 1.52 bits per heavy atom. The SMILES string of the molecule is CC(Oc1ccc(F)cc1)C(=O)NNC(=O)c1ccc(C(C)C)cc1. The lowest BCUT2D eigenvalue weighted by molar-refractivity contribution is -0.128. The van der Waals surface area contributed by atoms with Crippen LogP contribution in [0.1, 0.15) is 42.6 Å². The summed E-state index contributed by atoms with van der Waals surface area (Å²) in [7, 11) is 0. The van der Waals surface area contributed by atoms with E-state index >= 15 is 0 Å². The lowest BCUT2D eigenvalue weighted by atomic mass is 10.0. The van der Waals surface area contributed by atoms with Crippen LogP contribution in [0.2, 0.25) is 0 Å². The summed E-state index contributed by atoms with van der Waals surface area (Å²) in [5.41, 5.74) is 6.23. The fourth-order valence-electron chi connectivity index (χ4n) is 2.08. The number of ether oxygens (including phenoxy) is 1. The van der Waals surface area contributed by atoms with E-state index in [0.717, 1.165) is 5.56 Å². The lowest BCUT2D eigenvalue weighted by Gasteiger charge is -2.15. The van der Waals surface area contributed by atoms with Gasteiger partial charge in [0.05, 0.1) is 0 Å². The predicted molar refractivity (Wildman–Crippen MR) is 92.6 cm³/mol. The monoisotopic (exact) mass is 344 g/mol. The van der Waals surface area contributed by atoms with E-state index in [1.807, 2.05) is 12.1 Å². The van der Waals surface area contributed by atoms with E-state index in [2.05, 4.69) is 24.7 Å². The summed E-state index contributed by atoms with van der Waals surface area (Å²) < 4.78 is 18.2. The summed E-state index contributed by atoms with van der Waals surface area (Å²) in [6.07, 6.45) is -0.853. The number of carbonyl (C=O) groups excluding carboxylic acids is 2. The molecule has 0 aliphatic heterocycles. The van der Waals surface area contributed by atoms with Crippen molar-refractivity contribution in [2.75, 3.05) is 0 Å². The second-order valence-corrected chi connectivity index (χ2v) is 5.93. The van der Waals surface area contributed by atoms with Crippen molar-refractivity contribution in [3.63, 3.8) is 0 Å². The van der Waals surface area contributed by atoms with Gasteiger partial charge < -0.3 is 4.74 Å². The molecule has 2 amide bonds. The number of amides is 2. The number of nitrogens with one attached hydrogen (secondary N) is 2. The molecule has 0 aliphatic carbocycles. The highest BCUT2D eigenvalue weighted by atomic mass is 19.1. The summed E-state index contributed by atoms with van der Waals surface area (Å²) >= 11 is 0. The molecule has 1 unspecified atom stereocenters. The number of benzene rings is 2. The Balaban J connectivity index is 1.85. The van der Waals surface area contributed by atoms with Gasteiger partial charge in [-0.1, -0.05) is 26.0 Å². The average molecular weight is 344 g/mol. The van der Waals surface area contributed by atoms with Crippen molar-refractivity contribution in [1.29, 1.82) is 0 Å². The van der Waals surface area contributed by atoms with Crippen LogP contribution in [-0.2, 0) is 4.79 Å². The van der Waals surface area contributed by atoms with Crippen LogP contribution in [0, 0.1) is 5.82 Å². The maximum Gasteiger partial charge on any atom is 0.279 e. The van der Waals surface area contributed by atoms with Crippen molar-refractivity contribution in [2.45, 2.75) is 32.8 Å². The van der Waals surface area contributed by atoms with Crippen LogP contribution >= 0.6 is 0 Å². The van der Waals surface area contributed by atoms with Crippen LogP contribution in [0.3, 0.4) is 0 Å². The number of hydrogen-bond acceptors (Lipinski definition) is 3. The molecule has 2 aromatic carbocycles. The molecular formula is C19H21FN2O3. The fourth-order valence-corrected chi connectivity index (χ4v) is 2.08. The van der Waals surface area contributed by atoms with Crippen molar-refractivity contribution in [2.24, 2.45) is 0 Å². The van der Waals surface area contributed by atoms with Crippen LogP contribution in [0.25, 0.3) is 0 Å². The lowest BCUT2D eigenvalue weighted by Crippen LogP contribution is -2.47. The molecule has 0 heterocycles. The van der Waals surface area contributed by atoms with Crippen molar-refractivity contribution >= 4 is 11.8 Å². The van der Waals surface area contributed by atoms with Gasteiger partial charge in [-0.25, -0.2) is 4.39 Å². The van der Waals surface area contributed by atoms with E-state index in [9.17, 15) is 14.0 Å². The van der Waals surface area contributed by atoms with Gasteiger partial charge >= 0.3 is 0 Å². The smallest absolute Gasteiger partial charge is 0.279 e. The molecular weight excluding hydrogens is 323 g/mol. The number of rotatable bonds is 5. The van der Waals surface area contributed by atoms with Gasteiger partial charge in [-0.3, -0.25) is 20.4 Å². The van der Waals surface area contributed by atoms with E-state index in [4.69, 9.17) is 4.74 Å².